The molecule has 0 unspecified atom stereocenters. The molecule has 0 aromatic carbocycles. The quantitative estimate of drug-likeness (QED) is 0.611. The first kappa shape index (κ1) is 10.4. The molecule has 2 rings (SSSR count). The Morgan fingerprint density at radius 3 is 1.64 bits per heavy atom. The van der Waals surface area contributed by atoms with Crippen molar-refractivity contribution in [1.29, 1.82) is 0 Å². The highest BCUT2D eigenvalue weighted by Crippen LogP contribution is 2.22. The summed E-state index contributed by atoms with van der Waals surface area (Å²) in [5.74, 6) is 0. The maximum Gasteiger partial charge on any atom is 0.0575 e. The van der Waals surface area contributed by atoms with Crippen molar-refractivity contribution in [1.82, 2.24) is 0 Å². The molecule has 0 N–H and O–H groups in total. The summed E-state index contributed by atoms with van der Waals surface area (Å²) in [4.78, 5) is 0. The van der Waals surface area contributed by atoms with Gasteiger partial charge in [-0.25, -0.2) is 0 Å². The van der Waals surface area contributed by atoms with E-state index in [4.69, 9.17) is 9.47 Å². The van der Waals surface area contributed by atoms with Crippen LogP contribution in [-0.2, 0) is 9.47 Å². The van der Waals surface area contributed by atoms with Gasteiger partial charge in [0.05, 0.1) is 12.2 Å². The van der Waals surface area contributed by atoms with Crippen LogP contribution in [0.15, 0.2) is 0 Å². The molecule has 82 valence electrons. The van der Waals surface area contributed by atoms with E-state index in [0.717, 1.165) is 19.6 Å². The molecular weight excluding hydrogens is 176 g/mol. The van der Waals surface area contributed by atoms with E-state index in [1.54, 1.807) is 0 Å². The molecule has 2 nitrogen and oxygen atoms in total. The minimum Gasteiger partial charge on any atom is -0.378 e. The maximum atomic E-state index is 5.76. The number of ether oxygens (including phenoxy) is 2. The Hall–Kier alpha value is -0.0800. The fourth-order valence-electron chi connectivity index (χ4n) is 2.15. The topological polar surface area (TPSA) is 18.5 Å². The molecule has 2 heteroatoms. The molecule has 2 aliphatic carbocycles. The van der Waals surface area contributed by atoms with Crippen LogP contribution < -0.4 is 0 Å². The molecule has 0 aromatic rings. The van der Waals surface area contributed by atoms with Crippen LogP contribution in [-0.4, -0.2) is 25.4 Å². The minimum atomic E-state index is 0.568. The Morgan fingerprint density at radius 2 is 1.21 bits per heavy atom. The highest BCUT2D eigenvalue weighted by molar-refractivity contribution is 4.69. The standard InChI is InChI=1S/C12H22O2/c1-2-6-11(5-1)13-9-4-10-14-12-7-3-8-12/h11-12H,1-10H2. The van der Waals surface area contributed by atoms with E-state index >= 15 is 0 Å². The molecule has 2 aliphatic rings. The molecule has 0 aromatic heterocycles. The third-order valence-corrected chi connectivity index (χ3v) is 3.35. The summed E-state index contributed by atoms with van der Waals surface area (Å²) < 4.78 is 11.4. The average Bonchev–Trinajstić information content (AvgIpc) is 2.60. The number of hydrogen-bond acceptors (Lipinski definition) is 2. The monoisotopic (exact) mass is 198 g/mol. The van der Waals surface area contributed by atoms with Crippen LogP contribution in [0.5, 0.6) is 0 Å². The first-order chi connectivity index (χ1) is 6.95. The Labute approximate surface area is 87.0 Å². The van der Waals surface area contributed by atoms with Crippen molar-refractivity contribution >= 4 is 0 Å². The molecule has 0 amide bonds. The third kappa shape index (κ3) is 3.25. The number of rotatable bonds is 6. The zero-order chi connectivity index (χ0) is 9.64. The van der Waals surface area contributed by atoms with Crippen molar-refractivity contribution in [2.75, 3.05) is 13.2 Å². The van der Waals surface area contributed by atoms with Gasteiger partial charge in [-0.3, -0.25) is 0 Å². The van der Waals surface area contributed by atoms with Crippen LogP contribution in [0, 0.1) is 0 Å². The SMILES string of the molecule is C(COC1CCCC1)COC1CCC1. The average molecular weight is 198 g/mol. The van der Waals surface area contributed by atoms with Gasteiger partial charge in [0.25, 0.3) is 0 Å². The minimum absolute atomic E-state index is 0.568. The van der Waals surface area contributed by atoms with Crippen molar-refractivity contribution in [3.8, 4) is 0 Å². The van der Waals surface area contributed by atoms with E-state index in [9.17, 15) is 0 Å². The van der Waals surface area contributed by atoms with Crippen molar-refractivity contribution in [2.45, 2.75) is 63.6 Å². The lowest BCUT2D eigenvalue weighted by atomic mass is 9.96. The molecule has 0 aliphatic heterocycles. The summed E-state index contributed by atoms with van der Waals surface area (Å²) in [6, 6.07) is 0. The van der Waals surface area contributed by atoms with E-state index < -0.39 is 0 Å². The van der Waals surface area contributed by atoms with Gasteiger partial charge in [-0.15, -0.1) is 0 Å². The van der Waals surface area contributed by atoms with Gasteiger partial charge in [-0.05, 0) is 38.5 Å². The van der Waals surface area contributed by atoms with E-state index in [1.807, 2.05) is 0 Å². The highest BCUT2D eigenvalue weighted by Gasteiger charge is 2.17. The molecule has 0 heterocycles. The van der Waals surface area contributed by atoms with Crippen LogP contribution >= 0.6 is 0 Å². The maximum absolute atomic E-state index is 5.76. The lowest BCUT2D eigenvalue weighted by molar-refractivity contribution is -0.0164. The van der Waals surface area contributed by atoms with Crippen molar-refractivity contribution in [3.05, 3.63) is 0 Å². The molecule has 0 bridgehead atoms. The van der Waals surface area contributed by atoms with Crippen LogP contribution in [0.4, 0.5) is 0 Å². The summed E-state index contributed by atoms with van der Waals surface area (Å²) >= 11 is 0. The van der Waals surface area contributed by atoms with Gasteiger partial charge in [-0.1, -0.05) is 12.8 Å². The van der Waals surface area contributed by atoms with Crippen LogP contribution in [0.25, 0.3) is 0 Å². The van der Waals surface area contributed by atoms with E-state index in [-0.39, 0.29) is 0 Å². The fourth-order valence-corrected chi connectivity index (χ4v) is 2.15. The van der Waals surface area contributed by atoms with Crippen LogP contribution in [0.1, 0.15) is 51.4 Å². The molecular formula is C12H22O2. The molecule has 0 radical (unpaired) electrons. The first-order valence-corrected chi connectivity index (χ1v) is 6.18. The fraction of sp³-hybridized carbons (Fsp3) is 1.00. The highest BCUT2D eigenvalue weighted by atomic mass is 16.5. The Morgan fingerprint density at radius 1 is 0.714 bits per heavy atom. The first-order valence-electron chi connectivity index (χ1n) is 6.18. The van der Waals surface area contributed by atoms with Gasteiger partial charge >= 0.3 is 0 Å². The van der Waals surface area contributed by atoms with Crippen molar-refractivity contribution < 1.29 is 9.47 Å². The zero-order valence-electron chi connectivity index (χ0n) is 9.04. The second-order valence-corrected chi connectivity index (χ2v) is 4.55. The van der Waals surface area contributed by atoms with Crippen molar-refractivity contribution in [2.24, 2.45) is 0 Å². The smallest absolute Gasteiger partial charge is 0.0575 e. The predicted octanol–water partition coefficient (Wildman–Crippen LogP) is 2.90. The molecule has 0 atom stereocenters. The van der Waals surface area contributed by atoms with E-state index in [2.05, 4.69) is 0 Å². The van der Waals surface area contributed by atoms with Crippen molar-refractivity contribution in [3.63, 3.8) is 0 Å². The summed E-state index contributed by atoms with van der Waals surface area (Å²) in [7, 11) is 0. The van der Waals surface area contributed by atoms with Gasteiger partial charge in [0.15, 0.2) is 0 Å². The Kier molecular flexibility index (Phi) is 4.26. The number of hydrogen-bond donors (Lipinski definition) is 0. The second-order valence-electron chi connectivity index (χ2n) is 4.55. The normalized spacial score (nSPS) is 24.0. The van der Waals surface area contributed by atoms with Gasteiger partial charge < -0.3 is 9.47 Å². The second kappa shape index (κ2) is 5.72. The molecule has 2 saturated carbocycles. The van der Waals surface area contributed by atoms with E-state index in [0.29, 0.717) is 12.2 Å². The molecule has 2 fully saturated rings. The predicted molar refractivity (Wildman–Crippen MR) is 56.4 cm³/mol. The van der Waals surface area contributed by atoms with Gasteiger partial charge in [-0.2, -0.15) is 0 Å². The van der Waals surface area contributed by atoms with E-state index in [1.165, 1.54) is 44.9 Å². The molecule has 0 saturated heterocycles. The van der Waals surface area contributed by atoms with Crippen LogP contribution in [0.2, 0.25) is 0 Å². The van der Waals surface area contributed by atoms with Gasteiger partial charge in [0.1, 0.15) is 0 Å². The Balaban J connectivity index is 1.39. The third-order valence-electron chi connectivity index (χ3n) is 3.35. The Bertz CT molecular complexity index is 148. The lowest BCUT2D eigenvalue weighted by Gasteiger charge is -2.25. The molecule has 0 spiro atoms. The van der Waals surface area contributed by atoms with Gasteiger partial charge in [0, 0.05) is 13.2 Å². The summed E-state index contributed by atoms with van der Waals surface area (Å²) in [6.45, 7) is 1.80. The summed E-state index contributed by atoms with van der Waals surface area (Å²) in [6.07, 6.45) is 11.4. The summed E-state index contributed by atoms with van der Waals surface area (Å²) in [5, 5.41) is 0. The lowest BCUT2D eigenvalue weighted by Crippen LogP contribution is -2.22. The largest absolute Gasteiger partial charge is 0.378 e. The van der Waals surface area contributed by atoms with Crippen LogP contribution in [0.3, 0.4) is 0 Å². The van der Waals surface area contributed by atoms with Gasteiger partial charge in [0.2, 0.25) is 0 Å². The molecule has 14 heavy (non-hydrogen) atoms. The zero-order valence-corrected chi connectivity index (χ0v) is 9.04. The summed E-state index contributed by atoms with van der Waals surface area (Å²) in [5.41, 5.74) is 0.